The van der Waals surface area contributed by atoms with Gasteiger partial charge in [0.05, 0.1) is 12.7 Å². The van der Waals surface area contributed by atoms with Crippen molar-refractivity contribution in [1.29, 1.82) is 0 Å². The predicted octanol–water partition coefficient (Wildman–Crippen LogP) is 1.79. The minimum atomic E-state index is -0.791. The van der Waals surface area contributed by atoms with Gasteiger partial charge in [0.2, 0.25) is 5.91 Å². The number of amides is 1. The number of hydrogen-bond donors (Lipinski definition) is 1. The lowest BCUT2D eigenvalue weighted by Crippen LogP contribution is -2.76. The summed E-state index contributed by atoms with van der Waals surface area (Å²) in [5.41, 5.74) is 5.41. The highest BCUT2D eigenvalue weighted by Crippen LogP contribution is 2.50. The summed E-state index contributed by atoms with van der Waals surface area (Å²) in [6, 6.07) is 0. The van der Waals surface area contributed by atoms with E-state index in [4.69, 9.17) is 15.2 Å². The van der Waals surface area contributed by atoms with Crippen LogP contribution in [0.1, 0.15) is 47.0 Å². The Bertz CT molecular complexity index is 399. The first-order chi connectivity index (χ1) is 10.4. The first kappa shape index (κ1) is 17.7. The average Bonchev–Trinajstić information content (AvgIpc) is 2.52. The van der Waals surface area contributed by atoms with Crippen LogP contribution in [-0.2, 0) is 14.3 Å². The third-order valence-corrected chi connectivity index (χ3v) is 5.58. The largest absolute Gasteiger partial charge is 0.381 e. The van der Waals surface area contributed by atoms with Crippen LogP contribution in [0.4, 0.5) is 0 Å². The Morgan fingerprint density at radius 1 is 1.32 bits per heavy atom. The molecule has 0 bridgehead atoms. The molecule has 1 aliphatic carbocycles. The molecular weight excluding hydrogens is 280 g/mol. The van der Waals surface area contributed by atoms with Crippen molar-refractivity contribution >= 4 is 5.91 Å². The molecule has 1 amide bonds. The van der Waals surface area contributed by atoms with Crippen LogP contribution in [0.5, 0.6) is 0 Å². The molecule has 3 unspecified atom stereocenters. The summed E-state index contributed by atoms with van der Waals surface area (Å²) in [6.45, 7) is 11.8. The molecule has 22 heavy (non-hydrogen) atoms. The smallest absolute Gasteiger partial charge is 0.243 e. The van der Waals surface area contributed by atoms with Crippen LogP contribution in [0.3, 0.4) is 0 Å². The fraction of sp³-hybridized carbons (Fsp3) is 0.941. The van der Waals surface area contributed by atoms with Gasteiger partial charge in [0, 0.05) is 38.1 Å². The van der Waals surface area contributed by atoms with Gasteiger partial charge in [0.25, 0.3) is 0 Å². The van der Waals surface area contributed by atoms with Gasteiger partial charge in [0.15, 0.2) is 0 Å². The van der Waals surface area contributed by atoms with Gasteiger partial charge in [-0.1, -0.05) is 13.8 Å². The van der Waals surface area contributed by atoms with Crippen molar-refractivity contribution in [1.82, 2.24) is 4.90 Å². The second kappa shape index (κ2) is 6.85. The average molecular weight is 312 g/mol. The SMILES string of the molecule is CCOCC1CCCN(C(=O)C2(N)CC(OCC)C2(C)C)C1. The fourth-order valence-electron chi connectivity index (χ4n) is 3.75. The van der Waals surface area contributed by atoms with E-state index in [9.17, 15) is 4.79 Å². The first-order valence-electron chi connectivity index (χ1n) is 8.64. The molecule has 0 aromatic carbocycles. The van der Waals surface area contributed by atoms with Crippen LogP contribution < -0.4 is 5.73 Å². The summed E-state index contributed by atoms with van der Waals surface area (Å²) in [7, 11) is 0. The Kier molecular flexibility index (Phi) is 5.51. The van der Waals surface area contributed by atoms with Crippen LogP contribution >= 0.6 is 0 Å². The first-order valence-corrected chi connectivity index (χ1v) is 8.64. The Balaban J connectivity index is 1.99. The van der Waals surface area contributed by atoms with E-state index >= 15 is 0 Å². The number of carbonyl (C=O) groups excluding carboxylic acids is 1. The molecule has 3 atom stereocenters. The molecule has 1 heterocycles. The van der Waals surface area contributed by atoms with Gasteiger partial charge < -0.3 is 20.1 Å². The topological polar surface area (TPSA) is 64.8 Å². The molecule has 0 spiro atoms. The molecule has 0 radical (unpaired) electrons. The zero-order chi connectivity index (χ0) is 16.4. The van der Waals surface area contributed by atoms with Gasteiger partial charge in [-0.3, -0.25) is 4.79 Å². The molecule has 2 aliphatic rings. The number of hydrogen-bond acceptors (Lipinski definition) is 4. The van der Waals surface area contributed by atoms with Crippen molar-refractivity contribution in [2.75, 3.05) is 32.9 Å². The van der Waals surface area contributed by atoms with Crippen LogP contribution in [0.25, 0.3) is 0 Å². The minimum Gasteiger partial charge on any atom is -0.381 e. The number of nitrogens with two attached hydrogens (primary N) is 1. The van der Waals surface area contributed by atoms with Crippen LogP contribution in [0.2, 0.25) is 0 Å². The van der Waals surface area contributed by atoms with Gasteiger partial charge in [-0.15, -0.1) is 0 Å². The van der Waals surface area contributed by atoms with Crippen LogP contribution in [-0.4, -0.2) is 55.4 Å². The highest BCUT2D eigenvalue weighted by Gasteiger charge is 2.63. The number of ether oxygens (including phenoxy) is 2. The standard InChI is InChI=1S/C17H32N2O3/c1-5-21-12-13-8-7-9-19(11-13)15(20)17(18)10-14(22-6-2)16(17,3)4/h13-14H,5-12,18H2,1-4H3. The monoisotopic (exact) mass is 312 g/mol. The number of likely N-dealkylation sites (tertiary alicyclic amines) is 1. The van der Waals surface area contributed by atoms with Crippen molar-refractivity contribution in [2.45, 2.75) is 58.6 Å². The number of piperidine rings is 1. The van der Waals surface area contributed by atoms with Gasteiger partial charge >= 0.3 is 0 Å². The van der Waals surface area contributed by atoms with E-state index < -0.39 is 5.54 Å². The lowest BCUT2D eigenvalue weighted by atomic mass is 9.54. The Morgan fingerprint density at radius 3 is 2.64 bits per heavy atom. The summed E-state index contributed by atoms with van der Waals surface area (Å²) in [5, 5.41) is 0. The Morgan fingerprint density at radius 2 is 2.05 bits per heavy atom. The van der Waals surface area contributed by atoms with E-state index in [0.717, 1.165) is 39.1 Å². The molecule has 5 nitrogen and oxygen atoms in total. The summed E-state index contributed by atoms with van der Waals surface area (Å²) >= 11 is 0. The zero-order valence-corrected chi connectivity index (χ0v) is 14.6. The highest BCUT2D eigenvalue weighted by atomic mass is 16.5. The van der Waals surface area contributed by atoms with E-state index in [1.807, 2.05) is 18.7 Å². The normalized spacial score (nSPS) is 34.3. The maximum absolute atomic E-state index is 13.0. The molecule has 0 aromatic rings. The van der Waals surface area contributed by atoms with Crippen molar-refractivity contribution in [2.24, 2.45) is 17.1 Å². The molecule has 2 rings (SSSR count). The molecule has 0 aromatic heterocycles. The fourth-order valence-corrected chi connectivity index (χ4v) is 3.75. The van der Waals surface area contributed by atoms with E-state index in [-0.39, 0.29) is 17.4 Å². The van der Waals surface area contributed by atoms with Gasteiger partial charge in [-0.2, -0.15) is 0 Å². The Labute approximate surface area is 134 Å². The van der Waals surface area contributed by atoms with Crippen molar-refractivity contribution in [3.63, 3.8) is 0 Å². The number of rotatable bonds is 6. The third-order valence-electron chi connectivity index (χ3n) is 5.58. The summed E-state index contributed by atoms with van der Waals surface area (Å²) < 4.78 is 11.3. The molecule has 1 saturated heterocycles. The van der Waals surface area contributed by atoms with Crippen LogP contribution in [0.15, 0.2) is 0 Å². The highest BCUT2D eigenvalue weighted by molar-refractivity contribution is 5.89. The van der Waals surface area contributed by atoms with Crippen LogP contribution in [0, 0.1) is 11.3 Å². The molecule has 2 fully saturated rings. The van der Waals surface area contributed by atoms with Gasteiger partial charge in [-0.25, -0.2) is 0 Å². The van der Waals surface area contributed by atoms with Crippen molar-refractivity contribution in [3.8, 4) is 0 Å². The maximum Gasteiger partial charge on any atom is 0.243 e. The number of carbonyl (C=O) groups is 1. The summed E-state index contributed by atoms with van der Waals surface area (Å²) in [4.78, 5) is 14.9. The van der Waals surface area contributed by atoms with E-state index in [2.05, 4.69) is 13.8 Å². The zero-order valence-electron chi connectivity index (χ0n) is 14.6. The maximum atomic E-state index is 13.0. The second-order valence-electron chi connectivity index (χ2n) is 7.26. The Hall–Kier alpha value is -0.650. The number of nitrogens with zero attached hydrogens (tertiary/aromatic N) is 1. The minimum absolute atomic E-state index is 0.0791. The lowest BCUT2D eigenvalue weighted by molar-refractivity contribution is -0.180. The van der Waals surface area contributed by atoms with E-state index in [1.165, 1.54) is 0 Å². The second-order valence-corrected chi connectivity index (χ2v) is 7.26. The van der Waals surface area contributed by atoms with Crippen molar-refractivity contribution in [3.05, 3.63) is 0 Å². The summed E-state index contributed by atoms with van der Waals surface area (Å²) in [6.07, 6.45) is 2.87. The lowest BCUT2D eigenvalue weighted by Gasteiger charge is -2.59. The van der Waals surface area contributed by atoms with E-state index in [0.29, 0.717) is 18.9 Å². The summed E-state index contributed by atoms with van der Waals surface area (Å²) in [5.74, 6) is 0.529. The molecule has 1 aliphatic heterocycles. The van der Waals surface area contributed by atoms with E-state index in [1.54, 1.807) is 0 Å². The van der Waals surface area contributed by atoms with Gasteiger partial charge in [0.1, 0.15) is 5.54 Å². The molecule has 128 valence electrons. The quantitative estimate of drug-likeness (QED) is 0.812. The molecule has 5 heteroatoms. The molecule has 1 saturated carbocycles. The third kappa shape index (κ3) is 3.03. The predicted molar refractivity (Wildman–Crippen MR) is 86.5 cm³/mol. The molecular formula is C17H32N2O3. The van der Waals surface area contributed by atoms with Gasteiger partial charge in [-0.05, 0) is 32.6 Å². The molecule has 2 N–H and O–H groups in total. The van der Waals surface area contributed by atoms with Crippen molar-refractivity contribution < 1.29 is 14.3 Å².